The van der Waals surface area contributed by atoms with Gasteiger partial charge in [-0.15, -0.1) is 10.2 Å². The lowest BCUT2D eigenvalue weighted by molar-refractivity contribution is -0.119. The number of nitrogens with one attached hydrogen (secondary N) is 1. The van der Waals surface area contributed by atoms with E-state index >= 15 is 0 Å². The predicted octanol–water partition coefficient (Wildman–Crippen LogP) is 3.13. The second kappa shape index (κ2) is 8.71. The van der Waals surface area contributed by atoms with Crippen LogP contribution in [0.15, 0.2) is 58.3 Å². The zero-order valence-electron chi connectivity index (χ0n) is 14.9. The average Bonchev–Trinajstić information content (AvgIpc) is 3.25. The molecule has 3 rings (SSSR count). The van der Waals surface area contributed by atoms with Crippen molar-refractivity contribution in [1.29, 1.82) is 0 Å². The first kappa shape index (κ1) is 18.3. The fourth-order valence-corrected chi connectivity index (χ4v) is 3.31. The molecule has 2 aromatic heterocycles. The van der Waals surface area contributed by atoms with Crippen LogP contribution in [0.5, 0.6) is 0 Å². The monoisotopic (exact) mass is 370 g/mol. The van der Waals surface area contributed by atoms with Crippen LogP contribution < -0.4 is 5.32 Å². The first-order valence-corrected chi connectivity index (χ1v) is 9.51. The number of carbonyl (C=O) groups excluding carboxylic acids is 1. The molecule has 26 heavy (non-hydrogen) atoms. The van der Waals surface area contributed by atoms with Gasteiger partial charge in [0.15, 0.2) is 5.16 Å². The van der Waals surface area contributed by atoms with Crippen molar-refractivity contribution >= 4 is 17.7 Å². The van der Waals surface area contributed by atoms with Crippen molar-refractivity contribution in [2.45, 2.75) is 38.0 Å². The fourth-order valence-electron chi connectivity index (χ4n) is 2.55. The predicted molar refractivity (Wildman–Crippen MR) is 101 cm³/mol. The number of hydrogen-bond acceptors (Lipinski definition) is 5. The summed E-state index contributed by atoms with van der Waals surface area (Å²) in [5.41, 5.74) is 1.16. The van der Waals surface area contributed by atoms with Crippen molar-refractivity contribution in [2.24, 2.45) is 0 Å². The summed E-state index contributed by atoms with van der Waals surface area (Å²) in [6.07, 6.45) is 2.33. The van der Waals surface area contributed by atoms with E-state index in [4.69, 9.17) is 4.42 Å². The van der Waals surface area contributed by atoms with Gasteiger partial charge in [0.2, 0.25) is 5.91 Å². The van der Waals surface area contributed by atoms with Crippen molar-refractivity contribution in [3.63, 3.8) is 0 Å². The van der Waals surface area contributed by atoms with Gasteiger partial charge in [-0.3, -0.25) is 9.36 Å². The van der Waals surface area contributed by atoms with Crippen LogP contribution in [0.25, 0.3) is 0 Å². The quantitative estimate of drug-likeness (QED) is 0.617. The maximum atomic E-state index is 11.9. The lowest BCUT2D eigenvalue weighted by atomic mass is 10.1. The Labute approximate surface area is 157 Å². The highest BCUT2D eigenvalue weighted by atomic mass is 32.2. The summed E-state index contributed by atoms with van der Waals surface area (Å²) in [5.74, 6) is 1.97. The lowest BCUT2D eigenvalue weighted by Crippen LogP contribution is -2.31. The topological polar surface area (TPSA) is 73.0 Å². The molecule has 136 valence electrons. The van der Waals surface area contributed by atoms with E-state index in [1.165, 1.54) is 11.8 Å². The van der Waals surface area contributed by atoms with Crippen molar-refractivity contribution in [2.75, 3.05) is 5.75 Å². The van der Waals surface area contributed by atoms with Gasteiger partial charge in [-0.1, -0.05) is 42.1 Å². The smallest absolute Gasteiger partial charge is 0.230 e. The Morgan fingerprint density at radius 3 is 2.69 bits per heavy atom. The van der Waals surface area contributed by atoms with Crippen LogP contribution >= 0.6 is 11.8 Å². The molecule has 0 saturated heterocycles. The van der Waals surface area contributed by atoms with Crippen LogP contribution in [-0.4, -0.2) is 32.5 Å². The number of hydrogen-bond donors (Lipinski definition) is 1. The SMILES string of the molecule is CC(C)NC(=O)CSc1nnc(Cc2ccccc2)n1Cc1ccco1. The lowest BCUT2D eigenvalue weighted by Gasteiger charge is -2.10. The molecule has 1 aromatic carbocycles. The van der Waals surface area contributed by atoms with E-state index in [0.29, 0.717) is 23.9 Å². The minimum atomic E-state index is -0.0119. The third-order valence-electron chi connectivity index (χ3n) is 3.67. The standard InChI is InChI=1S/C19H22N4O2S/c1-14(2)20-18(24)13-26-19-22-21-17(11-15-7-4-3-5-8-15)23(19)12-16-9-6-10-25-16/h3-10,14H,11-13H2,1-2H3,(H,20,24). The van der Waals surface area contributed by atoms with E-state index in [-0.39, 0.29) is 11.9 Å². The summed E-state index contributed by atoms with van der Waals surface area (Å²) in [6, 6.07) is 14.0. The molecule has 2 heterocycles. The summed E-state index contributed by atoms with van der Waals surface area (Å²) in [7, 11) is 0. The van der Waals surface area contributed by atoms with E-state index in [2.05, 4.69) is 27.6 Å². The second-order valence-electron chi connectivity index (χ2n) is 6.24. The molecule has 0 fully saturated rings. The van der Waals surface area contributed by atoms with Gasteiger partial charge >= 0.3 is 0 Å². The number of rotatable bonds is 8. The third-order valence-corrected chi connectivity index (χ3v) is 4.64. The van der Waals surface area contributed by atoms with Gasteiger partial charge in [0.25, 0.3) is 0 Å². The van der Waals surface area contributed by atoms with E-state index in [0.717, 1.165) is 17.1 Å². The van der Waals surface area contributed by atoms with Gasteiger partial charge in [0.1, 0.15) is 11.6 Å². The molecule has 1 N–H and O–H groups in total. The molecule has 7 heteroatoms. The van der Waals surface area contributed by atoms with E-state index in [1.807, 2.05) is 48.7 Å². The minimum absolute atomic E-state index is 0.0119. The molecule has 0 aliphatic carbocycles. The molecule has 6 nitrogen and oxygen atoms in total. The normalized spacial score (nSPS) is 11.0. The Hall–Kier alpha value is -2.54. The molecule has 0 bridgehead atoms. The minimum Gasteiger partial charge on any atom is -0.467 e. The Bertz CT molecular complexity index is 829. The number of nitrogens with zero attached hydrogens (tertiary/aromatic N) is 3. The summed E-state index contributed by atoms with van der Waals surface area (Å²) in [4.78, 5) is 11.9. The number of benzene rings is 1. The Morgan fingerprint density at radius 2 is 2.00 bits per heavy atom. The average molecular weight is 370 g/mol. The first-order valence-electron chi connectivity index (χ1n) is 8.52. The van der Waals surface area contributed by atoms with E-state index in [1.54, 1.807) is 6.26 Å². The number of carbonyl (C=O) groups is 1. The molecule has 0 unspecified atom stereocenters. The van der Waals surface area contributed by atoms with Crippen LogP contribution in [0.2, 0.25) is 0 Å². The highest BCUT2D eigenvalue weighted by Crippen LogP contribution is 2.20. The largest absolute Gasteiger partial charge is 0.467 e. The van der Waals surface area contributed by atoms with Gasteiger partial charge in [0.05, 0.1) is 18.6 Å². The first-order chi connectivity index (χ1) is 12.6. The van der Waals surface area contributed by atoms with Gasteiger partial charge in [-0.2, -0.15) is 0 Å². The van der Waals surface area contributed by atoms with Crippen molar-refractivity contribution < 1.29 is 9.21 Å². The fraction of sp³-hybridized carbons (Fsp3) is 0.316. The van der Waals surface area contributed by atoms with Gasteiger partial charge < -0.3 is 9.73 Å². The van der Waals surface area contributed by atoms with E-state index < -0.39 is 0 Å². The zero-order valence-corrected chi connectivity index (χ0v) is 15.7. The molecule has 1 amide bonds. The van der Waals surface area contributed by atoms with Crippen LogP contribution in [0, 0.1) is 0 Å². The highest BCUT2D eigenvalue weighted by Gasteiger charge is 2.16. The zero-order chi connectivity index (χ0) is 18.4. The molecule has 0 atom stereocenters. The number of aromatic nitrogens is 3. The number of furan rings is 1. The van der Waals surface area contributed by atoms with Crippen molar-refractivity contribution in [1.82, 2.24) is 20.1 Å². The Kier molecular flexibility index (Phi) is 6.12. The maximum absolute atomic E-state index is 11.9. The molecular formula is C19H22N4O2S. The van der Waals surface area contributed by atoms with Crippen LogP contribution in [0.1, 0.15) is 31.0 Å². The van der Waals surface area contributed by atoms with Crippen LogP contribution in [0.3, 0.4) is 0 Å². The second-order valence-corrected chi connectivity index (χ2v) is 7.18. The Morgan fingerprint density at radius 1 is 1.19 bits per heavy atom. The van der Waals surface area contributed by atoms with Gasteiger partial charge in [-0.25, -0.2) is 0 Å². The summed E-state index contributed by atoms with van der Waals surface area (Å²) in [5, 5.41) is 12.3. The summed E-state index contributed by atoms with van der Waals surface area (Å²) >= 11 is 1.39. The summed E-state index contributed by atoms with van der Waals surface area (Å²) in [6.45, 7) is 4.43. The van der Waals surface area contributed by atoms with Gasteiger partial charge in [0, 0.05) is 12.5 Å². The van der Waals surface area contributed by atoms with Crippen molar-refractivity contribution in [3.05, 3.63) is 65.9 Å². The Balaban J connectivity index is 1.78. The number of amides is 1. The van der Waals surface area contributed by atoms with Crippen molar-refractivity contribution in [3.8, 4) is 0 Å². The molecule has 3 aromatic rings. The molecule has 0 radical (unpaired) electrons. The van der Waals surface area contributed by atoms with E-state index in [9.17, 15) is 4.79 Å². The molecule has 0 saturated carbocycles. The van der Waals surface area contributed by atoms with Crippen LogP contribution in [-0.2, 0) is 17.8 Å². The third kappa shape index (κ3) is 4.98. The van der Waals surface area contributed by atoms with Crippen LogP contribution in [0.4, 0.5) is 0 Å². The van der Waals surface area contributed by atoms with Gasteiger partial charge in [-0.05, 0) is 31.5 Å². The molecule has 0 aliphatic heterocycles. The summed E-state index contributed by atoms with van der Waals surface area (Å²) < 4.78 is 7.49. The maximum Gasteiger partial charge on any atom is 0.230 e. The molecule has 0 spiro atoms. The highest BCUT2D eigenvalue weighted by molar-refractivity contribution is 7.99. The molecular weight excluding hydrogens is 348 g/mol. The molecule has 0 aliphatic rings. The number of thioether (sulfide) groups is 1.